The zero-order chi connectivity index (χ0) is 14.5. The minimum Gasteiger partial charge on any atom is -0.380 e. The fourth-order valence-corrected chi connectivity index (χ4v) is 2.90. The van der Waals surface area contributed by atoms with E-state index in [0.29, 0.717) is 12.6 Å². The third kappa shape index (κ3) is 3.17. The van der Waals surface area contributed by atoms with E-state index >= 15 is 0 Å². The van der Waals surface area contributed by atoms with Gasteiger partial charge < -0.3 is 9.64 Å². The quantitative estimate of drug-likeness (QED) is 0.462. The van der Waals surface area contributed by atoms with E-state index in [9.17, 15) is 0 Å². The molecule has 0 radical (unpaired) electrons. The molecule has 2 heterocycles. The van der Waals surface area contributed by atoms with Gasteiger partial charge in [-0.1, -0.05) is 6.92 Å². The zero-order valence-corrected chi connectivity index (χ0v) is 13.0. The molecule has 0 amide bonds. The Morgan fingerprint density at radius 1 is 1.40 bits per heavy atom. The normalized spacial score (nSPS) is 11.0. The summed E-state index contributed by atoms with van der Waals surface area (Å²) in [6, 6.07) is 2.16. The average Bonchev–Trinajstić information content (AvgIpc) is 2.89. The predicted molar refractivity (Wildman–Crippen MR) is 84.4 cm³/mol. The number of anilines is 2. The summed E-state index contributed by atoms with van der Waals surface area (Å²) < 4.78 is 5.40. The highest BCUT2D eigenvalue weighted by Gasteiger charge is 2.14. The van der Waals surface area contributed by atoms with Crippen molar-refractivity contribution in [2.75, 3.05) is 37.1 Å². The van der Waals surface area contributed by atoms with Crippen molar-refractivity contribution in [1.82, 2.24) is 9.97 Å². The molecule has 2 aromatic rings. The van der Waals surface area contributed by atoms with Gasteiger partial charge in [0.25, 0.3) is 0 Å². The number of nitrogens with two attached hydrogens (primary N) is 1. The van der Waals surface area contributed by atoms with Gasteiger partial charge in [0.05, 0.1) is 12.0 Å². The Morgan fingerprint density at radius 2 is 2.20 bits per heavy atom. The lowest BCUT2D eigenvalue weighted by atomic mass is 10.3. The van der Waals surface area contributed by atoms with E-state index in [2.05, 4.69) is 33.3 Å². The summed E-state index contributed by atoms with van der Waals surface area (Å²) in [5, 5.41) is 1.07. The maximum atomic E-state index is 5.46. The number of ether oxygens (including phenoxy) is 1. The molecular formula is C13H21N5OS. The second-order valence-corrected chi connectivity index (χ2v) is 5.53. The summed E-state index contributed by atoms with van der Waals surface area (Å²) in [5.74, 6) is 6.79. The van der Waals surface area contributed by atoms with Crippen molar-refractivity contribution < 1.29 is 4.74 Å². The molecular weight excluding hydrogens is 274 g/mol. The Hall–Kier alpha value is -1.44. The van der Waals surface area contributed by atoms with Crippen LogP contribution in [0.1, 0.15) is 18.7 Å². The largest absolute Gasteiger partial charge is 0.380 e. The van der Waals surface area contributed by atoms with Gasteiger partial charge in [0.2, 0.25) is 5.95 Å². The van der Waals surface area contributed by atoms with Crippen LogP contribution < -0.4 is 16.2 Å². The van der Waals surface area contributed by atoms with Gasteiger partial charge in [-0.15, -0.1) is 11.3 Å². The molecule has 0 atom stereocenters. The molecule has 2 rings (SSSR count). The SMILES string of the molecule is CCOCCN(C)c1nc(NN)nc2sc(CC)cc12. The molecule has 0 unspecified atom stereocenters. The number of likely N-dealkylation sites (N-methyl/N-ethyl adjacent to an activating group) is 1. The van der Waals surface area contributed by atoms with Crippen LogP contribution in [0.15, 0.2) is 6.07 Å². The van der Waals surface area contributed by atoms with Crippen molar-refractivity contribution in [3.63, 3.8) is 0 Å². The summed E-state index contributed by atoms with van der Waals surface area (Å²) in [6.07, 6.45) is 0.995. The Balaban J connectivity index is 2.35. The van der Waals surface area contributed by atoms with Crippen LogP contribution in [0, 0.1) is 0 Å². The van der Waals surface area contributed by atoms with Crippen molar-refractivity contribution in [2.24, 2.45) is 5.84 Å². The molecule has 0 aliphatic carbocycles. The molecule has 110 valence electrons. The first-order valence-corrected chi connectivity index (χ1v) is 7.57. The second kappa shape index (κ2) is 6.83. The molecule has 20 heavy (non-hydrogen) atoms. The van der Waals surface area contributed by atoms with Crippen molar-refractivity contribution in [3.05, 3.63) is 10.9 Å². The van der Waals surface area contributed by atoms with E-state index in [1.807, 2.05) is 14.0 Å². The second-order valence-electron chi connectivity index (χ2n) is 4.42. The lowest BCUT2D eigenvalue weighted by molar-refractivity contribution is 0.154. The van der Waals surface area contributed by atoms with Gasteiger partial charge in [0, 0.05) is 25.1 Å². The van der Waals surface area contributed by atoms with Gasteiger partial charge in [0.15, 0.2) is 0 Å². The van der Waals surface area contributed by atoms with Crippen LogP contribution in [0.3, 0.4) is 0 Å². The predicted octanol–water partition coefficient (Wildman–Crippen LogP) is 2.01. The average molecular weight is 295 g/mol. The summed E-state index contributed by atoms with van der Waals surface area (Å²) in [7, 11) is 2.00. The van der Waals surface area contributed by atoms with Crippen LogP contribution in [0.2, 0.25) is 0 Å². The molecule has 7 heteroatoms. The van der Waals surface area contributed by atoms with Gasteiger partial charge in [-0.3, -0.25) is 5.43 Å². The monoisotopic (exact) mass is 295 g/mol. The maximum absolute atomic E-state index is 5.46. The van der Waals surface area contributed by atoms with Gasteiger partial charge in [-0.05, 0) is 19.4 Å². The van der Waals surface area contributed by atoms with Crippen molar-refractivity contribution in [3.8, 4) is 0 Å². The molecule has 0 spiro atoms. The van der Waals surface area contributed by atoms with E-state index < -0.39 is 0 Å². The molecule has 0 aliphatic heterocycles. The Kier molecular flexibility index (Phi) is 5.11. The lowest BCUT2D eigenvalue weighted by Gasteiger charge is -2.19. The minimum atomic E-state index is 0.445. The summed E-state index contributed by atoms with van der Waals surface area (Å²) in [4.78, 5) is 13.2. The number of fused-ring (bicyclic) bond motifs is 1. The zero-order valence-electron chi connectivity index (χ0n) is 12.1. The molecule has 3 N–H and O–H groups in total. The third-order valence-corrected chi connectivity index (χ3v) is 4.21. The first-order valence-electron chi connectivity index (χ1n) is 6.75. The molecule has 0 aliphatic rings. The van der Waals surface area contributed by atoms with E-state index in [1.165, 1.54) is 4.88 Å². The molecule has 0 aromatic carbocycles. The summed E-state index contributed by atoms with van der Waals surface area (Å²) >= 11 is 1.68. The van der Waals surface area contributed by atoms with Crippen LogP contribution in [0.4, 0.5) is 11.8 Å². The number of aryl methyl sites for hydroxylation is 1. The van der Waals surface area contributed by atoms with E-state index in [-0.39, 0.29) is 0 Å². The van der Waals surface area contributed by atoms with Gasteiger partial charge in [0.1, 0.15) is 10.6 Å². The standard InChI is InChI=1S/C13H21N5OS/c1-4-9-8-10-11(18(3)6-7-19-5-2)15-13(17-14)16-12(10)20-9/h8H,4-7,14H2,1-3H3,(H,15,16,17). The number of hydrazine groups is 1. The first-order chi connectivity index (χ1) is 9.69. The summed E-state index contributed by atoms with van der Waals surface area (Å²) in [6.45, 7) is 6.31. The fourth-order valence-electron chi connectivity index (χ4n) is 1.94. The van der Waals surface area contributed by atoms with Gasteiger partial charge in [-0.2, -0.15) is 4.98 Å². The molecule has 6 nitrogen and oxygen atoms in total. The fraction of sp³-hybridized carbons (Fsp3) is 0.538. The van der Waals surface area contributed by atoms with Gasteiger partial charge >= 0.3 is 0 Å². The lowest BCUT2D eigenvalue weighted by Crippen LogP contribution is -2.24. The highest BCUT2D eigenvalue weighted by molar-refractivity contribution is 7.18. The molecule has 2 aromatic heterocycles. The number of nitrogen functional groups attached to an aromatic ring is 1. The molecule has 0 bridgehead atoms. The summed E-state index contributed by atoms with van der Waals surface area (Å²) in [5.41, 5.74) is 2.54. The number of thiophene rings is 1. The van der Waals surface area contributed by atoms with Crippen LogP contribution >= 0.6 is 11.3 Å². The molecule has 0 saturated carbocycles. The number of hydrogen-bond acceptors (Lipinski definition) is 7. The Bertz CT molecular complexity index is 571. The van der Waals surface area contributed by atoms with E-state index in [4.69, 9.17) is 10.6 Å². The van der Waals surface area contributed by atoms with Crippen molar-refractivity contribution in [2.45, 2.75) is 20.3 Å². The molecule has 0 fully saturated rings. The van der Waals surface area contributed by atoms with E-state index in [1.54, 1.807) is 11.3 Å². The highest BCUT2D eigenvalue weighted by Crippen LogP contribution is 2.31. The Labute approximate surface area is 122 Å². The van der Waals surface area contributed by atoms with Crippen molar-refractivity contribution in [1.29, 1.82) is 0 Å². The van der Waals surface area contributed by atoms with Crippen LogP contribution in [0.25, 0.3) is 10.2 Å². The highest BCUT2D eigenvalue weighted by atomic mass is 32.1. The van der Waals surface area contributed by atoms with Gasteiger partial charge in [-0.25, -0.2) is 10.8 Å². The van der Waals surface area contributed by atoms with Crippen LogP contribution in [-0.4, -0.2) is 36.8 Å². The third-order valence-electron chi connectivity index (χ3n) is 3.04. The minimum absolute atomic E-state index is 0.445. The van der Waals surface area contributed by atoms with Crippen LogP contribution in [0.5, 0.6) is 0 Å². The number of aromatic nitrogens is 2. The number of hydrogen-bond donors (Lipinski definition) is 2. The van der Waals surface area contributed by atoms with E-state index in [0.717, 1.165) is 35.6 Å². The number of nitrogens with zero attached hydrogens (tertiary/aromatic N) is 3. The topological polar surface area (TPSA) is 76.3 Å². The molecule has 0 saturated heterocycles. The van der Waals surface area contributed by atoms with Crippen molar-refractivity contribution >= 4 is 33.3 Å². The number of rotatable bonds is 7. The maximum Gasteiger partial charge on any atom is 0.240 e. The van der Waals surface area contributed by atoms with Crippen LogP contribution in [-0.2, 0) is 11.2 Å². The number of nitrogens with one attached hydrogen (secondary N) is 1. The Morgan fingerprint density at radius 3 is 2.85 bits per heavy atom. The first kappa shape index (κ1) is 15.0. The smallest absolute Gasteiger partial charge is 0.240 e.